The SMILES string of the molecule is OC1(c2ccccc2)CCN(CCCOc2ccc(Oc3nc4ccccc4o3)cc2)CC1. The first kappa shape index (κ1) is 21.5. The molecule has 3 aromatic carbocycles. The highest BCUT2D eigenvalue weighted by atomic mass is 16.6. The van der Waals surface area contributed by atoms with Crippen LogP contribution in [0.4, 0.5) is 0 Å². The summed E-state index contributed by atoms with van der Waals surface area (Å²) in [7, 11) is 0. The summed E-state index contributed by atoms with van der Waals surface area (Å²) in [6, 6.07) is 25.0. The van der Waals surface area contributed by atoms with Gasteiger partial charge in [-0.25, -0.2) is 0 Å². The van der Waals surface area contributed by atoms with Gasteiger partial charge in [-0.05, 0) is 61.2 Å². The highest BCUT2D eigenvalue weighted by Gasteiger charge is 2.33. The smallest absolute Gasteiger partial charge is 0.400 e. The van der Waals surface area contributed by atoms with Gasteiger partial charge in [0.15, 0.2) is 5.58 Å². The van der Waals surface area contributed by atoms with E-state index in [-0.39, 0.29) is 6.08 Å². The molecule has 6 heteroatoms. The first-order chi connectivity index (χ1) is 16.2. The van der Waals surface area contributed by atoms with E-state index in [1.54, 1.807) is 0 Å². The fraction of sp³-hybridized carbons (Fsp3) is 0.296. The minimum absolute atomic E-state index is 0.227. The van der Waals surface area contributed by atoms with Crippen molar-refractivity contribution in [2.24, 2.45) is 0 Å². The number of aliphatic hydroxyl groups is 1. The van der Waals surface area contributed by atoms with Gasteiger partial charge < -0.3 is 23.9 Å². The predicted molar refractivity (Wildman–Crippen MR) is 127 cm³/mol. The van der Waals surface area contributed by atoms with Crippen molar-refractivity contribution < 1.29 is 19.0 Å². The van der Waals surface area contributed by atoms with Gasteiger partial charge in [0.25, 0.3) is 0 Å². The summed E-state index contributed by atoms with van der Waals surface area (Å²) in [6.07, 6.45) is 2.69. The van der Waals surface area contributed by atoms with Crippen molar-refractivity contribution in [1.82, 2.24) is 9.88 Å². The number of para-hydroxylation sites is 2. The van der Waals surface area contributed by atoms with Gasteiger partial charge >= 0.3 is 6.08 Å². The largest absolute Gasteiger partial charge is 0.494 e. The van der Waals surface area contributed by atoms with E-state index in [1.807, 2.05) is 78.9 Å². The lowest BCUT2D eigenvalue weighted by Crippen LogP contribution is -2.43. The Morgan fingerprint density at radius 3 is 2.33 bits per heavy atom. The van der Waals surface area contributed by atoms with Gasteiger partial charge in [-0.1, -0.05) is 42.5 Å². The second-order valence-corrected chi connectivity index (χ2v) is 8.46. The first-order valence-corrected chi connectivity index (χ1v) is 11.4. The molecule has 1 fully saturated rings. The van der Waals surface area contributed by atoms with Crippen LogP contribution in [0.2, 0.25) is 0 Å². The van der Waals surface area contributed by atoms with E-state index in [0.717, 1.165) is 55.7 Å². The Labute approximate surface area is 193 Å². The van der Waals surface area contributed by atoms with Crippen molar-refractivity contribution in [2.45, 2.75) is 24.9 Å². The quantitative estimate of drug-likeness (QED) is 0.369. The van der Waals surface area contributed by atoms with Crippen LogP contribution in [0.25, 0.3) is 11.1 Å². The van der Waals surface area contributed by atoms with Crippen LogP contribution in [0.15, 0.2) is 83.3 Å². The van der Waals surface area contributed by atoms with Crippen molar-refractivity contribution in [3.8, 4) is 17.6 Å². The lowest BCUT2D eigenvalue weighted by molar-refractivity contribution is -0.0264. The number of fused-ring (bicyclic) bond motifs is 1. The van der Waals surface area contributed by atoms with Crippen LogP contribution >= 0.6 is 0 Å². The third-order valence-electron chi connectivity index (χ3n) is 6.18. The number of ether oxygens (including phenoxy) is 2. The third kappa shape index (κ3) is 5.18. The second kappa shape index (κ2) is 9.65. The predicted octanol–water partition coefficient (Wildman–Crippen LogP) is 5.37. The van der Waals surface area contributed by atoms with Gasteiger partial charge in [0.05, 0.1) is 12.2 Å². The van der Waals surface area contributed by atoms with Gasteiger partial charge in [-0.2, -0.15) is 4.98 Å². The van der Waals surface area contributed by atoms with E-state index in [4.69, 9.17) is 13.9 Å². The fourth-order valence-corrected chi connectivity index (χ4v) is 4.26. The number of benzene rings is 3. The molecule has 0 unspecified atom stereocenters. The molecule has 6 nitrogen and oxygen atoms in total. The van der Waals surface area contributed by atoms with Crippen LogP contribution < -0.4 is 9.47 Å². The lowest BCUT2D eigenvalue weighted by Gasteiger charge is -2.38. The maximum absolute atomic E-state index is 11.0. The zero-order valence-corrected chi connectivity index (χ0v) is 18.5. The van der Waals surface area contributed by atoms with Crippen molar-refractivity contribution in [1.29, 1.82) is 0 Å². The molecule has 1 aromatic heterocycles. The highest BCUT2D eigenvalue weighted by Crippen LogP contribution is 2.32. The van der Waals surface area contributed by atoms with Gasteiger partial charge in [0.1, 0.15) is 17.0 Å². The second-order valence-electron chi connectivity index (χ2n) is 8.46. The van der Waals surface area contributed by atoms with E-state index in [0.29, 0.717) is 17.9 Å². The minimum atomic E-state index is -0.698. The third-order valence-corrected chi connectivity index (χ3v) is 6.18. The Kier molecular flexibility index (Phi) is 6.28. The molecule has 1 N–H and O–H groups in total. The van der Waals surface area contributed by atoms with Gasteiger partial charge in [0.2, 0.25) is 0 Å². The van der Waals surface area contributed by atoms with E-state index in [1.165, 1.54) is 0 Å². The molecule has 0 saturated carbocycles. The molecular formula is C27H28N2O4. The van der Waals surface area contributed by atoms with E-state index >= 15 is 0 Å². The molecule has 1 aliphatic rings. The van der Waals surface area contributed by atoms with Crippen LogP contribution in [0.5, 0.6) is 17.6 Å². The number of rotatable bonds is 8. The normalized spacial score (nSPS) is 16.0. The number of nitrogens with zero attached hydrogens (tertiary/aromatic N) is 2. The van der Waals surface area contributed by atoms with Crippen LogP contribution in [0, 0.1) is 0 Å². The summed E-state index contributed by atoms with van der Waals surface area (Å²) in [5, 5.41) is 11.0. The molecule has 2 heterocycles. The molecular weight excluding hydrogens is 416 g/mol. The van der Waals surface area contributed by atoms with E-state index in [2.05, 4.69) is 9.88 Å². The molecule has 4 aromatic rings. The summed E-state index contributed by atoms with van der Waals surface area (Å²) in [4.78, 5) is 6.72. The van der Waals surface area contributed by atoms with E-state index < -0.39 is 5.60 Å². The molecule has 170 valence electrons. The average molecular weight is 445 g/mol. The Bertz CT molecular complexity index is 1130. The summed E-state index contributed by atoms with van der Waals surface area (Å²) in [5.74, 6) is 1.45. The minimum Gasteiger partial charge on any atom is -0.494 e. The summed E-state index contributed by atoms with van der Waals surface area (Å²) in [6.45, 7) is 3.40. The Hall–Kier alpha value is -3.35. The maximum atomic E-state index is 11.0. The molecule has 0 aliphatic carbocycles. The molecule has 0 radical (unpaired) electrons. The van der Waals surface area contributed by atoms with Crippen molar-refractivity contribution in [3.05, 3.63) is 84.4 Å². The topological polar surface area (TPSA) is 68.0 Å². The standard InChI is InChI=1S/C27H28N2O4/c30-27(21-7-2-1-3-8-21)15-18-29(19-16-27)17-6-20-31-22-11-13-23(14-12-22)32-26-28-24-9-4-5-10-25(24)33-26/h1-5,7-14,30H,6,15-20H2. The average Bonchev–Trinajstić information content (AvgIpc) is 3.27. The van der Waals surface area contributed by atoms with Crippen LogP contribution in [-0.4, -0.2) is 41.2 Å². The lowest BCUT2D eigenvalue weighted by atomic mass is 9.84. The monoisotopic (exact) mass is 444 g/mol. The van der Waals surface area contributed by atoms with Crippen molar-refractivity contribution >= 4 is 11.1 Å². The molecule has 1 aliphatic heterocycles. The first-order valence-electron chi connectivity index (χ1n) is 11.4. The van der Waals surface area contributed by atoms with E-state index in [9.17, 15) is 5.11 Å². The Morgan fingerprint density at radius 2 is 1.58 bits per heavy atom. The zero-order valence-electron chi connectivity index (χ0n) is 18.5. The summed E-state index contributed by atoms with van der Waals surface area (Å²) in [5.41, 5.74) is 1.80. The summed E-state index contributed by atoms with van der Waals surface area (Å²) >= 11 is 0. The van der Waals surface area contributed by atoms with Crippen LogP contribution in [0.3, 0.4) is 0 Å². The number of aromatic nitrogens is 1. The van der Waals surface area contributed by atoms with Crippen LogP contribution in [0.1, 0.15) is 24.8 Å². The van der Waals surface area contributed by atoms with Crippen molar-refractivity contribution in [2.75, 3.05) is 26.2 Å². The maximum Gasteiger partial charge on any atom is 0.400 e. The molecule has 0 atom stereocenters. The Morgan fingerprint density at radius 1 is 0.879 bits per heavy atom. The van der Waals surface area contributed by atoms with Gasteiger partial charge in [-0.15, -0.1) is 0 Å². The number of hydrogen-bond acceptors (Lipinski definition) is 6. The van der Waals surface area contributed by atoms with Crippen LogP contribution in [-0.2, 0) is 5.60 Å². The fourth-order valence-electron chi connectivity index (χ4n) is 4.26. The molecule has 0 bridgehead atoms. The molecule has 33 heavy (non-hydrogen) atoms. The van der Waals surface area contributed by atoms with Gasteiger partial charge in [0, 0.05) is 19.6 Å². The van der Waals surface area contributed by atoms with Gasteiger partial charge in [-0.3, -0.25) is 0 Å². The zero-order chi connectivity index (χ0) is 22.5. The molecule has 0 spiro atoms. The highest BCUT2D eigenvalue weighted by molar-refractivity contribution is 5.72. The number of likely N-dealkylation sites (tertiary alicyclic amines) is 1. The number of hydrogen-bond donors (Lipinski definition) is 1. The number of piperidine rings is 1. The van der Waals surface area contributed by atoms with Crippen molar-refractivity contribution in [3.63, 3.8) is 0 Å². The summed E-state index contributed by atoms with van der Waals surface area (Å²) < 4.78 is 17.2. The molecule has 1 saturated heterocycles. The molecule has 0 amide bonds. The molecule has 5 rings (SSSR count). The number of oxazole rings is 1. The Balaban J connectivity index is 1.04.